The van der Waals surface area contributed by atoms with E-state index in [1.165, 1.54) is 0 Å². The molecule has 126 valence electrons. The van der Waals surface area contributed by atoms with E-state index in [1.807, 2.05) is 25.9 Å². The van der Waals surface area contributed by atoms with Gasteiger partial charge in [0.2, 0.25) is 11.8 Å². The van der Waals surface area contributed by atoms with Crippen LogP contribution in [0.2, 0.25) is 0 Å². The molecule has 2 rings (SSSR count). The molecule has 2 fully saturated rings. The van der Waals surface area contributed by atoms with E-state index in [4.69, 9.17) is 5.73 Å². The lowest BCUT2D eigenvalue weighted by atomic mass is 10.3. The van der Waals surface area contributed by atoms with Crippen molar-refractivity contribution < 1.29 is 14.4 Å². The molecule has 8 heteroatoms. The van der Waals surface area contributed by atoms with Crippen LogP contribution in [0.4, 0.5) is 4.79 Å². The molecule has 2 heterocycles. The average molecular weight is 313 g/mol. The SMILES string of the molecule is CN1CCCN(C(N)=O)C(=O)C1.C[C@H]1C(=O)NCCCN1C. The summed E-state index contributed by atoms with van der Waals surface area (Å²) in [7, 11) is 3.83. The number of nitrogens with two attached hydrogens (primary N) is 1. The fourth-order valence-corrected chi connectivity index (χ4v) is 2.33. The highest BCUT2D eigenvalue weighted by molar-refractivity contribution is 5.94. The molecule has 0 aromatic carbocycles. The monoisotopic (exact) mass is 313 g/mol. The number of nitrogens with zero attached hydrogens (tertiary/aromatic N) is 3. The van der Waals surface area contributed by atoms with Gasteiger partial charge in [-0.1, -0.05) is 0 Å². The predicted octanol–water partition coefficient (Wildman–Crippen LogP) is -0.944. The maximum Gasteiger partial charge on any atom is 0.321 e. The topological polar surface area (TPSA) is 99.0 Å². The second-order valence-electron chi connectivity index (χ2n) is 5.78. The summed E-state index contributed by atoms with van der Waals surface area (Å²) in [6, 6.07) is -0.599. The molecule has 2 aliphatic rings. The van der Waals surface area contributed by atoms with Crippen molar-refractivity contribution in [3.63, 3.8) is 0 Å². The number of primary amides is 1. The Hall–Kier alpha value is -1.67. The zero-order valence-electron chi connectivity index (χ0n) is 13.7. The van der Waals surface area contributed by atoms with Crippen LogP contribution in [0.3, 0.4) is 0 Å². The number of carbonyl (C=O) groups excluding carboxylic acids is 3. The van der Waals surface area contributed by atoms with Gasteiger partial charge in [0.25, 0.3) is 0 Å². The Labute approximate surface area is 131 Å². The van der Waals surface area contributed by atoms with Gasteiger partial charge in [0.1, 0.15) is 0 Å². The molecule has 0 aromatic rings. The Balaban J connectivity index is 0.000000224. The van der Waals surface area contributed by atoms with E-state index in [0.29, 0.717) is 6.54 Å². The number of nitrogens with one attached hydrogen (secondary N) is 1. The van der Waals surface area contributed by atoms with Gasteiger partial charge in [-0.2, -0.15) is 0 Å². The van der Waals surface area contributed by atoms with Crippen molar-refractivity contribution >= 4 is 17.8 Å². The Kier molecular flexibility index (Phi) is 7.26. The van der Waals surface area contributed by atoms with E-state index < -0.39 is 6.03 Å². The first kappa shape index (κ1) is 18.4. The van der Waals surface area contributed by atoms with E-state index in [-0.39, 0.29) is 24.4 Å². The molecule has 22 heavy (non-hydrogen) atoms. The lowest BCUT2D eigenvalue weighted by molar-refractivity contribution is -0.128. The van der Waals surface area contributed by atoms with Crippen LogP contribution in [0, 0.1) is 0 Å². The summed E-state index contributed by atoms with van der Waals surface area (Å²) < 4.78 is 0. The van der Waals surface area contributed by atoms with Crippen LogP contribution in [0.5, 0.6) is 0 Å². The molecular formula is C14H27N5O3. The number of urea groups is 1. The van der Waals surface area contributed by atoms with E-state index in [0.717, 1.165) is 37.4 Å². The van der Waals surface area contributed by atoms with Crippen LogP contribution < -0.4 is 11.1 Å². The van der Waals surface area contributed by atoms with Crippen molar-refractivity contribution in [2.24, 2.45) is 5.73 Å². The summed E-state index contributed by atoms with van der Waals surface area (Å²) in [6.45, 7) is 5.32. The van der Waals surface area contributed by atoms with Crippen molar-refractivity contribution in [3.8, 4) is 0 Å². The second-order valence-corrected chi connectivity index (χ2v) is 5.78. The minimum Gasteiger partial charge on any atom is -0.355 e. The van der Waals surface area contributed by atoms with Crippen LogP contribution in [0.15, 0.2) is 0 Å². The van der Waals surface area contributed by atoms with E-state index >= 15 is 0 Å². The second kappa shape index (κ2) is 8.70. The maximum atomic E-state index is 11.2. The number of likely N-dealkylation sites (N-methyl/N-ethyl adjacent to an activating group) is 2. The molecule has 0 bridgehead atoms. The molecule has 8 nitrogen and oxygen atoms in total. The fourth-order valence-electron chi connectivity index (χ4n) is 2.33. The van der Waals surface area contributed by atoms with E-state index in [2.05, 4.69) is 10.2 Å². The predicted molar refractivity (Wildman–Crippen MR) is 83.1 cm³/mol. The lowest BCUT2D eigenvalue weighted by Gasteiger charge is -2.18. The van der Waals surface area contributed by atoms with Crippen LogP contribution in [-0.4, -0.2) is 85.4 Å². The number of amides is 4. The fraction of sp³-hybridized carbons (Fsp3) is 0.786. The molecule has 4 amide bonds. The minimum absolute atomic E-state index is 0.0440. The molecule has 0 unspecified atom stereocenters. The average Bonchev–Trinajstić information content (AvgIpc) is 2.70. The Morgan fingerprint density at radius 2 is 1.86 bits per heavy atom. The molecule has 0 saturated carbocycles. The molecule has 2 aliphatic heterocycles. The third-order valence-electron chi connectivity index (χ3n) is 3.92. The molecule has 3 N–H and O–H groups in total. The number of rotatable bonds is 0. The molecule has 0 radical (unpaired) electrons. The van der Waals surface area contributed by atoms with Crippen molar-refractivity contribution in [1.82, 2.24) is 20.0 Å². The summed E-state index contributed by atoms with van der Waals surface area (Å²) in [5.74, 6) is -0.0532. The Morgan fingerprint density at radius 1 is 1.18 bits per heavy atom. The standard InChI is InChI=1S/C7H13N3O2.C7H14N2O/c1-9-3-2-4-10(7(8)12)6(11)5-9;1-6-7(10)8-4-3-5-9(6)2/h2-5H2,1H3,(H2,8,12);6H,3-5H2,1-2H3,(H,8,10)/t;6-/m.0/s1. The molecule has 0 aromatic heterocycles. The van der Waals surface area contributed by atoms with Crippen molar-refractivity contribution in [2.75, 3.05) is 46.8 Å². The van der Waals surface area contributed by atoms with E-state index in [9.17, 15) is 14.4 Å². The van der Waals surface area contributed by atoms with Gasteiger partial charge in [-0.05, 0) is 33.9 Å². The third kappa shape index (κ3) is 5.61. The lowest BCUT2D eigenvalue weighted by Crippen LogP contribution is -2.42. The Bertz CT molecular complexity index is 415. The molecule has 2 saturated heterocycles. The first-order valence-electron chi connectivity index (χ1n) is 7.59. The third-order valence-corrected chi connectivity index (χ3v) is 3.92. The van der Waals surface area contributed by atoms with Gasteiger partial charge >= 0.3 is 6.03 Å². The van der Waals surface area contributed by atoms with Crippen LogP contribution in [0.1, 0.15) is 19.8 Å². The number of hydrogen-bond donors (Lipinski definition) is 2. The zero-order chi connectivity index (χ0) is 16.7. The highest BCUT2D eigenvalue weighted by Gasteiger charge is 2.22. The van der Waals surface area contributed by atoms with Gasteiger partial charge in [0.05, 0.1) is 12.6 Å². The first-order chi connectivity index (χ1) is 10.3. The van der Waals surface area contributed by atoms with Crippen molar-refractivity contribution in [2.45, 2.75) is 25.8 Å². The summed E-state index contributed by atoms with van der Waals surface area (Å²) >= 11 is 0. The van der Waals surface area contributed by atoms with Crippen LogP contribution >= 0.6 is 0 Å². The largest absolute Gasteiger partial charge is 0.355 e. The van der Waals surface area contributed by atoms with Gasteiger partial charge in [0.15, 0.2) is 0 Å². The maximum absolute atomic E-state index is 11.2. The Morgan fingerprint density at radius 3 is 2.50 bits per heavy atom. The van der Waals surface area contributed by atoms with Crippen molar-refractivity contribution in [1.29, 1.82) is 0 Å². The highest BCUT2D eigenvalue weighted by Crippen LogP contribution is 2.01. The minimum atomic E-state index is -0.643. The summed E-state index contributed by atoms with van der Waals surface area (Å²) in [6.07, 6.45) is 1.86. The van der Waals surface area contributed by atoms with Gasteiger partial charge in [-0.3, -0.25) is 24.3 Å². The normalized spacial score (nSPS) is 24.7. The van der Waals surface area contributed by atoms with Crippen LogP contribution in [-0.2, 0) is 9.59 Å². The summed E-state index contributed by atoms with van der Waals surface area (Å²) in [4.78, 5) is 38.1. The van der Waals surface area contributed by atoms with E-state index in [1.54, 1.807) is 0 Å². The smallest absolute Gasteiger partial charge is 0.321 e. The highest BCUT2D eigenvalue weighted by atomic mass is 16.2. The quantitative estimate of drug-likeness (QED) is 0.601. The number of carbonyl (C=O) groups is 3. The first-order valence-corrected chi connectivity index (χ1v) is 7.59. The number of imide groups is 1. The van der Waals surface area contributed by atoms with Crippen molar-refractivity contribution in [3.05, 3.63) is 0 Å². The molecule has 0 spiro atoms. The van der Waals surface area contributed by atoms with Gasteiger partial charge in [0, 0.05) is 26.2 Å². The molecular weight excluding hydrogens is 286 g/mol. The van der Waals surface area contributed by atoms with Gasteiger partial charge in [-0.25, -0.2) is 4.79 Å². The summed E-state index contributed by atoms with van der Waals surface area (Å²) in [5, 5.41) is 2.84. The van der Waals surface area contributed by atoms with Gasteiger partial charge < -0.3 is 11.1 Å². The van der Waals surface area contributed by atoms with Gasteiger partial charge in [-0.15, -0.1) is 0 Å². The molecule has 0 aliphatic carbocycles. The van der Waals surface area contributed by atoms with Crippen LogP contribution in [0.25, 0.3) is 0 Å². The molecule has 1 atom stereocenters. The summed E-state index contributed by atoms with van der Waals surface area (Å²) in [5.41, 5.74) is 5.02. The number of hydrogen-bond acceptors (Lipinski definition) is 5. The zero-order valence-corrected chi connectivity index (χ0v) is 13.7.